The zero-order chi connectivity index (χ0) is 22.8. The van der Waals surface area contributed by atoms with Gasteiger partial charge in [-0.2, -0.15) is 0 Å². The molecule has 0 radical (unpaired) electrons. The number of carbonyl (C=O) groups excluding carboxylic acids is 4. The van der Waals surface area contributed by atoms with Gasteiger partial charge < -0.3 is 25.4 Å². The number of esters is 1. The van der Waals surface area contributed by atoms with Crippen molar-refractivity contribution < 1.29 is 28.7 Å². The van der Waals surface area contributed by atoms with Gasteiger partial charge in [0.2, 0.25) is 11.8 Å². The lowest BCUT2D eigenvalue weighted by atomic mass is 10.2. The molecule has 2 aromatic rings. The fourth-order valence-corrected chi connectivity index (χ4v) is 2.53. The SMILES string of the molecule is COc1ccc(NC(C)=O)cc1NC(=O)COC(=O)/C(=C/c1ccccc1)NC(C)=O. The van der Waals surface area contributed by atoms with Gasteiger partial charge in [-0.15, -0.1) is 0 Å². The smallest absolute Gasteiger partial charge is 0.355 e. The van der Waals surface area contributed by atoms with Gasteiger partial charge in [-0.3, -0.25) is 14.4 Å². The highest BCUT2D eigenvalue weighted by Crippen LogP contribution is 2.27. The lowest BCUT2D eigenvalue weighted by Gasteiger charge is -2.13. The highest BCUT2D eigenvalue weighted by Gasteiger charge is 2.16. The second-order valence-electron chi connectivity index (χ2n) is 6.37. The summed E-state index contributed by atoms with van der Waals surface area (Å²) in [6.45, 7) is 2.02. The van der Waals surface area contributed by atoms with Gasteiger partial charge in [0.1, 0.15) is 11.4 Å². The first-order valence-electron chi connectivity index (χ1n) is 9.25. The number of rotatable bonds is 8. The first kappa shape index (κ1) is 23.1. The molecular formula is C22H23N3O6. The average molecular weight is 425 g/mol. The fraction of sp³-hybridized carbons (Fsp3) is 0.182. The molecule has 9 heteroatoms. The Kier molecular flexibility index (Phi) is 8.32. The maximum atomic E-state index is 12.4. The maximum absolute atomic E-state index is 12.4. The van der Waals surface area contributed by atoms with Crippen molar-refractivity contribution in [2.45, 2.75) is 13.8 Å². The third-order valence-corrected chi connectivity index (χ3v) is 3.77. The van der Waals surface area contributed by atoms with Crippen molar-refractivity contribution in [3.8, 4) is 5.75 Å². The predicted octanol–water partition coefficient (Wildman–Crippen LogP) is 2.31. The molecule has 31 heavy (non-hydrogen) atoms. The molecule has 0 aliphatic carbocycles. The Hall–Kier alpha value is -4.14. The molecule has 0 saturated carbocycles. The van der Waals surface area contributed by atoms with E-state index in [1.165, 1.54) is 33.1 Å². The zero-order valence-corrected chi connectivity index (χ0v) is 17.4. The van der Waals surface area contributed by atoms with Crippen LogP contribution in [0.4, 0.5) is 11.4 Å². The monoisotopic (exact) mass is 425 g/mol. The molecule has 0 aliphatic heterocycles. The van der Waals surface area contributed by atoms with Gasteiger partial charge in [0.25, 0.3) is 5.91 Å². The van der Waals surface area contributed by atoms with Crippen LogP contribution in [-0.2, 0) is 23.9 Å². The molecule has 0 unspecified atom stereocenters. The highest BCUT2D eigenvalue weighted by molar-refractivity contribution is 6.00. The number of hydrogen-bond acceptors (Lipinski definition) is 6. The van der Waals surface area contributed by atoms with Gasteiger partial charge in [0.05, 0.1) is 12.8 Å². The second kappa shape index (κ2) is 11.1. The Morgan fingerprint density at radius 2 is 1.65 bits per heavy atom. The van der Waals surface area contributed by atoms with Gasteiger partial charge in [0.15, 0.2) is 6.61 Å². The molecule has 2 rings (SSSR count). The molecule has 2 aromatic carbocycles. The molecule has 3 N–H and O–H groups in total. The van der Waals surface area contributed by atoms with Crippen LogP contribution in [0.2, 0.25) is 0 Å². The molecule has 0 bridgehead atoms. The standard InChI is InChI=1S/C22H23N3O6/c1-14(26)23-17-9-10-20(30-3)18(12-17)25-21(28)13-31-22(29)19(24-15(2)27)11-16-7-5-4-6-8-16/h4-12H,13H2,1-3H3,(H,23,26)(H,24,27)(H,25,28)/b19-11-. The Morgan fingerprint density at radius 3 is 2.26 bits per heavy atom. The number of amides is 3. The second-order valence-corrected chi connectivity index (χ2v) is 6.37. The van der Waals surface area contributed by atoms with Crippen LogP contribution >= 0.6 is 0 Å². The number of hydrogen-bond donors (Lipinski definition) is 3. The van der Waals surface area contributed by atoms with E-state index in [9.17, 15) is 19.2 Å². The molecule has 9 nitrogen and oxygen atoms in total. The number of benzene rings is 2. The zero-order valence-electron chi connectivity index (χ0n) is 17.4. The van der Waals surface area contributed by atoms with Crippen LogP contribution in [0.1, 0.15) is 19.4 Å². The van der Waals surface area contributed by atoms with Crippen molar-refractivity contribution in [3.63, 3.8) is 0 Å². The minimum Gasteiger partial charge on any atom is -0.495 e. The highest BCUT2D eigenvalue weighted by atomic mass is 16.5. The molecule has 0 spiro atoms. The van der Waals surface area contributed by atoms with Crippen LogP contribution in [0.25, 0.3) is 6.08 Å². The van der Waals surface area contributed by atoms with Crippen LogP contribution in [-0.4, -0.2) is 37.4 Å². The van der Waals surface area contributed by atoms with Crippen LogP contribution < -0.4 is 20.7 Å². The Morgan fingerprint density at radius 1 is 0.935 bits per heavy atom. The van der Waals surface area contributed by atoms with Gasteiger partial charge in [-0.25, -0.2) is 4.79 Å². The van der Waals surface area contributed by atoms with E-state index in [1.54, 1.807) is 36.4 Å². The summed E-state index contributed by atoms with van der Waals surface area (Å²) in [6.07, 6.45) is 1.45. The third kappa shape index (κ3) is 7.65. The molecule has 0 aliphatic rings. The molecule has 0 fully saturated rings. The third-order valence-electron chi connectivity index (χ3n) is 3.77. The molecular weight excluding hydrogens is 402 g/mol. The minimum absolute atomic E-state index is 0.100. The topological polar surface area (TPSA) is 123 Å². The van der Waals surface area contributed by atoms with Crippen molar-refractivity contribution in [3.05, 3.63) is 59.8 Å². The van der Waals surface area contributed by atoms with Gasteiger partial charge in [0, 0.05) is 19.5 Å². The fourth-order valence-electron chi connectivity index (χ4n) is 2.53. The lowest BCUT2D eigenvalue weighted by Crippen LogP contribution is -2.29. The van der Waals surface area contributed by atoms with Crippen molar-refractivity contribution in [1.82, 2.24) is 5.32 Å². The molecule has 162 valence electrons. The lowest BCUT2D eigenvalue weighted by molar-refractivity contribution is -0.144. The van der Waals surface area contributed by atoms with Crippen LogP contribution in [0, 0.1) is 0 Å². The van der Waals surface area contributed by atoms with Gasteiger partial charge >= 0.3 is 5.97 Å². The summed E-state index contributed by atoms with van der Waals surface area (Å²) in [4.78, 5) is 47.3. The van der Waals surface area contributed by atoms with Crippen LogP contribution in [0.15, 0.2) is 54.2 Å². The number of ether oxygens (including phenoxy) is 2. The van der Waals surface area contributed by atoms with Crippen LogP contribution in [0.5, 0.6) is 5.75 Å². The van der Waals surface area contributed by atoms with E-state index < -0.39 is 24.4 Å². The molecule has 0 saturated heterocycles. The van der Waals surface area contributed by atoms with Gasteiger partial charge in [-0.1, -0.05) is 30.3 Å². The molecule has 3 amide bonds. The molecule has 0 heterocycles. The number of carbonyl (C=O) groups is 4. The molecule has 0 atom stereocenters. The quantitative estimate of drug-likeness (QED) is 0.441. The Labute approximate surface area is 179 Å². The summed E-state index contributed by atoms with van der Waals surface area (Å²) in [5.41, 5.74) is 1.32. The maximum Gasteiger partial charge on any atom is 0.355 e. The van der Waals surface area contributed by atoms with Gasteiger partial charge in [-0.05, 0) is 29.8 Å². The normalized spacial score (nSPS) is 10.6. The van der Waals surface area contributed by atoms with Crippen molar-refractivity contribution in [1.29, 1.82) is 0 Å². The van der Waals surface area contributed by atoms with Crippen molar-refractivity contribution in [2.75, 3.05) is 24.4 Å². The van der Waals surface area contributed by atoms with E-state index in [2.05, 4.69) is 16.0 Å². The number of anilines is 2. The Balaban J connectivity index is 2.06. The summed E-state index contributed by atoms with van der Waals surface area (Å²) in [5.74, 6) is -1.87. The van der Waals surface area contributed by atoms with Crippen molar-refractivity contribution in [2.24, 2.45) is 0 Å². The number of nitrogens with one attached hydrogen (secondary N) is 3. The first-order valence-corrected chi connectivity index (χ1v) is 9.25. The largest absolute Gasteiger partial charge is 0.495 e. The number of methoxy groups -OCH3 is 1. The predicted molar refractivity (Wildman–Crippen MR) is 115 cm³/mol. The Bertz CT molecular complexity index is 1000. The van der Waals surface area contributed by atoms with E-state index in [1.807, 2.05) is 6.07 Å². The van der Waals surface area contributed by atoms with E-state index in [0.717, 1.165) is 0 Å². The van der Waals surface area contributed by atoms with Crippen molar-refractivity contribution >= 4 is 41.1 Å². The van der Waals surface area contributed by atoms with E-state index in [-0.39, 0.29) is 17.3 Å². The average Bonchev–Trinajstić information content (AvgIpc) is 2.72. The van der Waals surface area contributed by atoms with Crippen LogP contribution in [0.3, 0.4) is 0 Å². The summed E-state index contributed by atoms with van der Waals surface area (Å²) in [6, 6.07) is 13.6. The minimum atomic E-state index is -0.867. The van der Waals surface area contributed by atoms with E-state index >= 15 is 0 Å². The summed E-state index contributed by atoms with van der Waals surface area (Å²) in [5, 5.41) is 7.56. The van der Waals surface area contributed by atoms with E-state index in [4.69, 9.17) is 9.47 Å². The summed E-state index contributed by atoms with van der Waals surface area (Å²) >= 11 is 0. The van der Waals surface area contributed by atoms with E-state index in [0.29, 0.717) is 17.0 Å². The summed E-state index contributed by atoms with van der Waals surface area (Å²) < 4.78 is 10.2. The molecule has 0 aromatic heterocycles. The summed E-state index contributed by atoms with van der Waals surface area (Å²) in [7, 11) is 1.43. The first-order chi connectivity index (χ1) is 14.8.